The summed E-state index contributed by atoms with van der Waals surface area (Å²) in [6.07, 6.45) is -2.57. The average Bonchev–Trinajstić information content (AvgIpc) is 2.71. The van der Waals surface area contributed by atoms with Gasteiger partial charge in [-0.3, -0.25) is 0 Å². The fourth-order valence-electron chi connectivity index (χ4n) is 3.29. The topological polar surface area (TPSA) is 32.3 Å². The maximum atomic E-state index is 12.7. The third-order valence-corrected chi connectivity index (χ3v) is 4.80. The molecule has 6 heteroatoms. The van der Waals surface area contributed by atoms with Gasteiger partial charge in [-0.1, -0.05) is 48.2 Å². The Balaban J connectivity index is 1.47. The Morgan fingerprint density at radius 1 is 1.07 bits per heavy atom. The first-order valence-corrected chi connectivity index (χ1v) is 9.17. The number of likely N-dealkylation sites (tertiary alicyclic amines) is 1. The summed E-state index contributed by atoms with van der Waals surface area (Å²) in [5.41, 5.74) is 0.840. The van der Waals surface area contributed by atoms with Gasteiger partial charge in [-0.15, -0.1) is 0 Å². The zero-order valence-electron chi connectivity index (χ0n) is 15.3. The average molecular weight is 386 g/mol. The van der Waals surface area contributed by atoms with Crippen molar-refractivity contribution in [1.29, 1.82) is 0 Å². The van der Waals surface area contributed by atoms with Gasteiger partial charge < -0.3 is 10.2 Å². The Morgan fingerprint density at radius 2 is 1.79 bits per heavy atom. The van der Waals surface area contributed by atoms with Gasteiger partial charge >= 0.3 is 12.2 Å². The van der Waals surface area contributed by atoms with E-state index >= 15 is 0 Å². The molecule has 2 aromatic rings. The van der Waals surface area contributed by atoms with Gasteiger partial charge in [0, 0.05) is 18.7 Å². The lowest BCUT2D eigenvalue weighted by Gasteiger charge is -2.32. The van der Waals surface area contributed by atoms with Crippen LogP contribution in [0.1, 0.15) is 35.4 Å². The molecule has 146 valence electrons. The summed E-state index contributed by atoms with van der Waals surface area (Å²) in [5.74, 6) is 5.83. The van der Waals surface area contributed by atoms with Crippen molar-refractivity contribution in [1.82, 2.24) is 10.2 Å². The zero-order chi connectivity index (χ0) is 20.0. The van der Waals surface area contributed by atoms with Crippen molar-refractivity contribution in [3.63, 3.8) is 0 Å². The second kappa shape index (κ2) is 8.83. The molecule has 0 bridgehead atoms. The standard InChI is InChI=1S/C22H21F3N2O/c23-22(24,25)20-10-4-6-17(16-20)7-5-13-26-21(28)27-14-11-19(12-15-27)18-8-2-1-3-9-18/h1-4,6,8-10,16,19H,11-15H2,(H,26,28). The van der Waals surface area contributed by atoms with Crippen LogP contribution in [0, 0.1) is 11.8 Å². The molecule has 1 N–H and O–H groups in total. The number of hydrogen-bond donors (Lipinski definition) is 1. The largest absolute Gasteiger partial charge is 0.416 e. The van der Waals surface area contributed by atoms with Crippen molar-refractivity contribution in [2.24, 2.45) is 0 Å². The summed E-state index contributed by atoms with van der Waals surface area (Å²) in [5, 5.41) is 2.71. The zero-order valence-corrected chi connectivity index (χ0v) is 15.3. The molecule has 1 aliphatic rings. The molecule has 2 amide bonds. The summed E-state index contributed by atoms with van der Waals surface area (Å²) in [7, 11) is 0. The van der Waals surface area contributed by atoms with Crippen LogP contribution in [0.5, 0.6) is 0 Å². The number of carbonyl (C=O) groups excluding carboxylic acids is 1. The molecule has 1 fully saturated rings. The molecule has 1 heterocycles. The number of benzene rings is 2. The molecule has 28 heavy (non-hydrogen) atoms. The molecule has 0 unspecified atom stereocenters. The van der Waals surface area contributed by atoms with E-state index in [1.165, 1.54) is 17.7 Å². The number of rotatable bonds is 2. The Bertz CT molecular complexity index is 861. The Morgan fingerprint density at radius 3 is 2.46 bits per heavy atom. The molecule has 2 aromatic carbocycles. The van der Waals surface area contributed by atoms with Gasteiger partial charge in [0.05, 0.1) is 12.1 Å². The minimum absolute atomic E-state index is 0.0910. The van der Waals surface area contributed by atoms with E-state index in [1.54, 1.807) is 4.90 Å². The van der Waals surface area contributed by atoms with Crippen molar-refractivity contribution < 1.29 is 18.0 Å². The van der Waals surface area contributed by atoms with E-state index in [2.05, 4.69) is 29.3 Å². The SMILES string of the molecule is O=C(NCC#Cc1cccc(C(F)(F)F)c1)N1CCC(c2ccccc2)CC1. The van der Waals surface area contributed by atoms with E-state index in [4.69, 9.17) is 0 Å². The van der Waals surface area contributed by atoms with E-state index in [0.29, 0.717) is 19.0 Å². The summed E-state index contributed by atoms with van der Waals surface area (Å²) >= 11 is 0. The smallest absolute Gasteiger partial charge is 0.327 e. The Labute approximate surface area is 162 Å². The maximum Gasteiger partial charge on any atom is 0.416 e. The highest BCUT2D eigenvalue weighted by atomic mass is 19.4. The number of alkyl halides is 3. The number of nitrogens with zero attached hydrogens (tertiary/aromatic N) is 1. The summed E-state index contributed by atoms with van der Waals surface area (Å²) in [6.45, 7) is 1.44. The second-order valence-electron chi connectivity index (χ2n) is 6.71. The maximum absolute atomic E-state index is 12.7. The van der Waals surface area contributed by atoms with Gasteiger partial charge in [-0.25, -0.2) is 4.79 Å². The van der Waals surface area contributed by atoms with E-state index in [9.17, 15) is 18.0 Å². The van der Waals surface area contributed by atoms with Crippen LogP contribution in [0.15, 0.2) is 54.6 Å². The molecular formula is C22H21F3N2O. The highest BCUT2D eigenvalue weighted by molar-refractivity contribution is 5.74. The number of halogens is 3. The third-order valence-electron chi connectivity index (χ3n) is 4.80. The lowest BCUT2D eigenvalue weighted by Crippen LogP contribution is -2.44. The molecule has 0 aromatic heterocycles. The molecule has 0 atom stereocenters. The van der Waals surface area contributed by atoms with Crippen molar-refractivity contribution >= 4 is 6.03 Å². The van der Waals surface area contributed by atoms with Crippen molar-refractivity contribution in [3.05, 3.63) is 71.3 Å². The summed E-state index contributed by atoms with van der Waals surface area (Å²) < 4.78 is 38.1. The predicted molar refractivity (Wildman–Crippen MR) is 102 cm³/mol. The molecule has 0 aliphatic carbocycles. The Kier molecular flexibility index (Phi) is 6.25. The molecule has 1 aliphatic heterocycles. The van der Waals surface area contributed by atoms with Crippen LogP contribution in [-0.2, 0) is 6.18 Å². The number of nitrogens with one attached hydrogen (secondary N) is 1. The van der Waals surface area contributed by atoms with Gasteiger partial charge in [0.25, 0.3) is 0 Å². The predicted octanol–water partition coefficient (Wildman–Crippen LogP) is 4.65. The van der Waals surface area contributed by atoms with Crippen LogP contribution in [0.2, 0.25) is 0 Å². The molecule has 0 saturated carbocycles. The van der Waals surface area contributed by atoms with E-state index in [-0.39, 0.29) is 18.1 Å². The van der Waals surface area contributed by atoms with Gasteiger partial charge in [0.1, 0.15) is 0 Å². The Hall–Kier alpha value is -2.94. The first kappa shape index (κ1) is 19.8. The van der Waals surface area contributed by atoms with Crippen LogP contribution in [0.3, 0.4) is 0 Å². The number of amides is 2. The summed E-state index contributed by atoms with van der Waals surface area (Å²) in [4.78, 5) is 14.0. The fourth-order valence-corrected chi connectivity index (χ4v) is 3.29. The van der Waals surface area contributed by atoms with Gasteiger partial charge in [-0.2, -0.15) is 13.2 Å². The van der Waals surface area contributed by atoms with E-state index in [0.717, 1.165) is 25.0 Å². The van der Waals surface area contributed by atoms with Gasteiger partial charge in [0.2, 0.25) is 0 Å². The van der Waals surface area contributed by atoms with Crippen molar-refractivity contribution in [2.75, 3.05) is 19.6 Å². The first-order chi connectivity index (χ1) is 13.4. The molecule has 0 spiro atoms. The van der Waals surface area contributed by atoms with Crippen molar-refractivity contribution in [3.8, 4) is 11.8 Å². The first-order valence-electron chi connectivity index (χ1n) is 9.17. The molecule has 0 radical (unpaired) electrons. The lowest BCUT2D eigenvalue weighted by molar-refractivity contribution is -0.137. The van der Waals surface area contributed by atoms with Crippen LogP contribution in [0.25, 0.3) is 0 Å². The van der Waals surface area contributed by atoms with Gasteiger partial charge in [-0.05, 0) is 42.5 Å². The summed E-state index contributed by atoms with van der Waals surface area (Å²) in [6, 6.07) is 14.9. The minimum Gasteiger partial charge on any atom is -0.327 e. The number of urea groups is 1. The lowest BCUT2D eigenvalue weighted by atomic mass is 9.90. The highest BCUT2D eigenvalue weighted by Crippen LogP contribution is 2.29. The number of carbonyl (C=O) groups is 1. The van der Waals surface area contributed by atoms with Gasteiger partial charge in [0.15, 0.2) is 0 Å². The van der Waals surface area contributed by atoms with Crippen molar-refractivity contribution in [2.45, 2.75) is 24.9 Å². The minimum atomic E-state index is -4.39. The van der Waals surface area contributed by atoms with Crippen LogP contribution < -0.4 is 5.32 Å². The fraction of sp³-hybridized carbons (Fsp3) is 0.318. The van der Waals surface area contributed by atoms with Crippen LogP contribution in [-0.4, -0.2) is 30.6 Å². The molecular weight excluding hydrogens is 365 g/mol. The van der Waals surface area contributed by atoms with E-state index < -0.39 is 11.7 Å². The number of hydrogen-bond acceptors (Lipinski definition) is 1. The van der Waals surface area contributed by atoms with Crippen LogP contribution in [0.4, 0.5) is 18.0 Å². The van der Waals surface area contributed by atoms with Crippen LogP contribution >= 0.6 is 0 Å². The normalized spacial score (nSPS) is 14.9. The monoisotopic (exact) mass is 386 g/mol. The molecule has 1 saturated heterocycles. The second-order valence-corrected chi connectivity index (χ2v) is 6.71. The molecule has 3 rings (SSSR count). The highest BCUT2D eigenvalue weighted by Gasteiger charge is 2.30. The molecule has 3 nitrogen and oxygen atoms in total. The number of piperidine rings is 1. The quantitative estimate of drug-likeness (QED) is 0.749. The van der Waals surface area contributed by atoms with E-state index in [1.807, 2.05) is 18.2 Å². The third kappa shape index (κ3) is 5.29.